The standard InChI is InChI=1S/C13H9FN2.CO2/c14-11-6-4-10(5-7-11)13-9-12-3-1-2-8-16(12)15-13;2-1-3/h1-9H;. The van der Waals surface area contributed by atoms with Crippen LogP contribution >= 0.6 is 0 Å². The third kappa shape index (κ3) is 2.91. The second-order valence-corrected chi connectivity index (χ2v) is 3.69. The molecule has 0 atom stereocenters. The highest BCUT2D eigenvalue weighted by Crippen LogP contribution is 2.19. The lowest BCUT2D eigenvalue weighted by Gasteiger charge is -1.94. The Kier molecular flexibility index (Phi) is 3.81. The van der Waals surface area contributed by atoms with Crippen LogP contribution in [0.2, 0.25) is 0 Å². The van der Waals surface area contributed by atoms with Crippen LogP contribution in [0.5, 0.6) is 0 Å². The van der Waals surface area contributed by atoms with E-state index in [-0.39, 0.29) is 12.0 Å². The summed E-state index contributed by atoms with van der Waals surface area (Å²) >= 11 is 0. The van der Waals surface area contributed by atoms with Gasteiger partial charge < -0.3 is 0 Å². The van der Waals surface area contributed by atoms with Crippen molar-refractivity contribution in [3.8, 4) is 11.3 Å². The van der Waals surface area contributed by atoms with Crippen molar-refractivity contribution in [3.63, 3.8) is 0 Å². The molecule has 0 aliphatic carbocycles. The number of hydrogen-bond acceptors (Lipinski definition) is 3. The summed E-state index contributed by atoms with van der Waals surface area (Å²) in [5.41, 5.74) is 2.80. The van der Waals surface area contributed by atoms with Gasteiger partial charge in [-0.05, 0) is 42.5 Å². The zero-order chi connectivity index (χ0) is 13.7. The largest absolute Gasteiger partial charge is 0.373 e. The van der Waals surface area contributed by atoms with Gasteiger partial charge >= 0.3 is 6.15 Å². The maximum absolute atomic E-state index is 12.8. The van der Waals surface area contributed by atoms with Crippen LogP contribution in [0, 0.1) is 5.82 Å². The molecule has 0 aliphatic heterocycles. The van der Waals surface area contributed by atoms with Crippen LogP contribution in [0.25, 0.3) is 16.8 Å². The quantitative estimate of drug-likeness (QED) is 0.672. The number of hydrogen-bond donors (Lipinski definition) is 0. The summed E-state index contributed by atoms with van der Waals surface area (Å²) in [5, 5.41) is 4.41. The fourth-order valence-corrected chi connectivity index (χ4v) is 1.70. The maximum Gasteiger partial charge on any atom is 0.373 e. The zero-order valence-electron chi connectivity index (χ0n) is 9.79. The number of halogens is 1. The molecular weight excluding hydrogens is 247 g/mol. The van der Waals surface area contributed by atoms with E-state index in [2.05, 4.69) is 5.10 Å². The first-order chi connectivity index (χ1) is 9.24. The molecule has 0 saturated heterocycles. The molecular formula is C14H9FN2O2. The van der Waals surface area contributed by atoms with Crippen molar-refractivity contribution < 1.29 is 14.0 Å². The van der Waals surface area contributed by atoms with Gasteiger partial charge in [0.1, 0.15) is 5.82 Å². The van der Waals surface area contributed by atoms with E-state index in [9.17, 15) is 4.39 Å². The van der Waals surface area contributed by atoms with E-state index in [0.29, 0.717) is 0 Å². The molecule has 0 fully saturated rings. The molecule has 94 valence electrons. The zero-order valence-corrected chi connectivity index (χ0v) is 9.79. The molecule has 2 heterocycles. The van der Waals surface area contributed by atoms with Gasteiger partial charge in [0.05, 0.1) is 11.2 Å². The Morgan fingerprint density at radius 2 is 1.74 bits per heavy atom. The van der Waals surface area contributed by atoms with Crippen molar-refractivity contribution in [1.82, 2.24) is 9.61 Å². The van der Waals surface area contributed by atoms with Crippen LogP contribution in [0.3, 0.4) is 0 Å². The molecule has 5 heteroatoms. The summed E-state index contributed by atoms with van der Waals surface area (Å²) in [4.78, 5) is 16.2. The van der Waals surface area contributed by atoms with Crippen LogP contribution in [0.1, 0.15) is 0 Å². The van der Waals surface area contributed by atoms with Crippen LogP contribution in [0.15, 0.2) is 54.7 Å². The molecule has 0 unspecified atom stereocenters. The van der Waals surface area contributed by atoms with Gasteiger partial charge in [-0.15, -0.1) is 0 Å². The third-order valence-corrected chi connectivity index (χ3v) is 2.51. The van der Waals surface area contributed by atoms with Gasteiger partial charge in [0.15, 0.2) is 0 Å². The molecule has 4 nitrogen and oxygen atoms in total. The molecule has 0 amide bonds. The average molecular weight is 256 g/mol. The normalized spacial score (nSPS) is 9.53. The number of pyridine rings is 1. The van der Waals surface area contributed by atoms with E-state index in [4.69, 9.17) is 9.59 Å². The number of aromatic nitrogens is 2. The van der Waals surface area contributed by atoms with Gasteiger partial charge in [-0.25, -0.2) is 8.91 Å². The van der Waals surface area contributed by atoms with Crippen LogP contribution in [-0.2, 0) is 9.59 Å². The summed E-state index contributed by atoms with van der Waals surface area (Å²) in [6, 6.07) is 14.2. The Hall–Kier alpha value is -2.78. The highest BCUT2D eigenvalue weighted by Gasteiger charge is 2.03. The lowest BCUT2D eigenvalue weighted by Crippen LogP contribution is -1.85. The first-order valence-electron chi connectivity index (χ1n) is 5.44. The molecule has 19 heavy (non-hydrogen) atoms. The highest BCUT2D eigenvalue weighted by molar-refractivity contribution is 5.65. The topological polar surface area (TPSA) is 51.4 Å². The Morgan fingerprint density at radius 1 is 1.05 bits per heavy atom. The number of nitrogens with zero attached hydrogens (tertiary/aromatic N) is 2. The van der Waals surface area contributed by atoms with E-state index in [1.807, 2.05) is 30.5 Å². The SMILES string of the molecule is Fc1ccc(-c2cc3ccccn3n2)cc1.O=C=O. The molecule has 0 bridgehead atoms. The molecule has 3 rings (SSSR count). The number of rotatable bonds is 1. The van der Waals surface area contributed by atoms with E-state index in [1.165, 1.54) is 12.1 Å². The highest BCUT2D eigenvalue weighted by atomic mass is 19.1. The predicted molar refractivity (Wildman–Crippen MR) is 65.6 cm³/mol. The maximum atomic E-state index is 12.8. The van der Waals surface area contributed by atoms with E-state index in [1.54, 1.807) is 16.6 Å². The van der Waals surface area contributed by atoms with E-state index in [0.717, 1.165) is 16.8 Å². The first kappa shape index (κ1) is 12.7. The second-order valence-electron chi connectivity index (χ2n) is 3.69. The molecule has 0 aliphatic rings. The van der Waals surface area contributed by atoms with E-state index >= 15 is 0 Å². The molecule has 3 aromatic rings. The summed E-state index contributed by atoms with van der Waals surface area (Å²) in [5.74, 6) is -0.229. The van der Waals surface area contributed by atoms with Crippen molar-refractivity contribution in [1.29, 1.82) is 0 Å². The van der Waals surface area contributed by atoms with Crippen molar-refractivity contribution in [3.05, 3.63) is 60.5 Å². The molecule has 0 radical (unpaired) electrons. The monoisotopic (exact) mass is 256 g/mol. The van der Waals surface area contributed by atoms with Gasteiger partial charge in [-0.1, -0.05) is 6.07 Å². The second kappa shape index (κ2) is 5.71. The summed E-state index contributed by atoms with van der Waals surface area (Å²) in [6.45, 7) is 0. The van der Waals surface area contributed by atoms with Crippen LogP contribution in [0.4, 0.5) is 4.39 Å². The lowest BCUT2D eigenvalue weighted by molar-refractivity contribution is -0.191. The molecule has 1 aromatic carbocycles. The minimum atomic E-state index is -0.229. The third-order valence-electron chi connectivity index (χ3n) is 2.51. The van der Waals surface area contributed by atoms with Gasteiger partial charge in [-0.2, -0.15) is 14.7 Å². The Morgan fingerprint density at radius 3 is 2.37 bits per heavy atom. The Labute approximate surface area is 108 Å². The summed E-state index contributed by atoms with van der Waals surface area (Å²) in [6.07, 6.45) is 2.14. The molecule has 0 spiro atoms. The average Bonchev–Trinajstić information content (AvgIpc) is 2.84. The van der Waals surface area contributed by atoms with E-state index < -0.39 is 0 Å². The predicted octanol–water partition coefficient (Wildman–Crippen LogP) is 2.56. The van der Waals surface area contributed by atoms with Gasteiger partial charge in [0, 0.05) is 11.8 Å². The summed E-state index contributed by atoms with van der Waals surface area (Å²) in [7, 11) is 0. The van der Waals surface area contributed by atoms with Crippen molar-refractivity contribution in [2.75, 3.05) is 0 Å². The fourth-order valence-electron chi connectivity index (χ4n) is 1.70. The minimum Gasteiger partial charge on any atom is -0.240 e. The fraction of sp³-hybridized carbons (Fsp3) is 0. The van der Waals surface area contributed by atoms with Gasteiger partial charge in [-0.3, -0.25) is 0 Å². The Bertz CT molecular complexity index is 681. The number of benzene rings is 1. The number of fused-ring (bicyclic) bond motifs is 1. The van der Waals surface area contributed by atoms with Crippen LogP contribution in [-0.4, -0.2) is 15.8 Å². The Balaban J connectivity index is 0.000000408. The minimum absolute atomic E-state index is 0.229. The van der Waals surface area contributed by atoms with Gasteiger partial charge in [0.2, 0.25) is 0 Å². The van der Waals surface area contributed by atoms with Crippen LogP contribution < -0.4 is 0 Å². The van der Waals surface area contributed by atoms with Crippen molar-refractivity contribution in [2.45, 2.75) is 0 Å². The molecule has 0 saturated carbocycles. The first-order valence-corrected chi connectivity index (χ1v) is 5.44. The number of carbonyl (C=O) groups excluding carboxylic acids is 2. The van der Waals surface area contributed by atoms with Gasteiger partial charge in [0.25, 0.3) is 0 Å². The summed E-state index contributed by atoms with van der Waals surface area (Å²) < 4.78 is 14.6. The van der Waals surface area contributed by atoms with Crippen molar-refractivity contribution >= 4 is 11.7 Å². The lowest BCUT2D eigenvalue weighted by atomic mass is 10.1. The molecule has 0 N–H and O–H groups in total. The molecule has 2 aromatic heterocycles. The van der Waals surface area contributed by atoms with Crippen molar-refractivity contribution in [2.24, 2.45) is 0 Å². The smallest absolute Gasteiger partial charge is 0.240 e.